The zero-order valence-corrected chi connectivity index (χ0v) is 10.1. The first-order valence-corrected chi connectivity index (χ1v) is 6.43. The fourth-order valence-corrected chi connectivity index (χ4v) is 2.84. The summed E-state index contributed by atoms with van der Waals surface area (Å²) in [5.74, 6) is 1.36. The van der Waals surface area contributed by atoms with Crippen molar-refractivity contribution < 1.29 is 5.11 Å². The number of aliphatic hydroxyl groups is 1. The van der Waals surface area contributed by atoms with Crippen LogP contribution < -0.4 is 5.73 Å². The molecule has 1 saturated carbocycles. The van der Waals surface area contributed by atoms with E-state index in [-0.39, 0.29) is 12.1 Å². The Morgan fingerprint density at radius 3 is 2.75 bits per heavy atom. The third kappa shape index (κ3) is 2.48. The molecule has 0 spiro atoms. The quantitative estimate of drug-likeness (QED) is 0.751. The van der Waals surface area contributed by atoms with E-state index in [1.165, 1.54) is 32.1 Å². The summed E-state index contributed by atoms with van der Waals surface area (Å²) >= 11 is 0. The van der Waals surface area contributed by atoms with Crippen molar-refractivity contribution in [2.24, 2.45) is 16.6 Å². The van der Waals surface area contributed by atoms with Crippen LogP contribution in [0.15, 0.2) is 4.99 Å². The van der Waals surface area contributed by atoms with Crippen molar-refractivity contribution in [2.75, 3.05) is 13.1 Å². The van der Waals surface area contributed by atoms with Crippen LogP contribution in [0.1, 0.15) is 39.0 Å². The molecule has 0 bridgehead atoms. The van der Waals surface area contributed by atoms with Gasteiger partial charge in [0.2, 0.25) is 0 Å². The lowest BCUT2D eigenvalue weighted by molar-refractivity contribution is 0.1000. The van der Waals surface area contributed by atoms with Crippen LogP contribution in [0.5, 0.6) is 0 Å². The molecule has 2 rings (SSSR count). The van der Waals surface area contributed by atoms with Gasteiger partial charge in [0, 0.05) is 6.54 Å². The summed E-state index contributed by atoms with van der Waals surface area (Å²) in [5, 5.41) is 9.70. The van der Waals surface area contributed by atoms with Crippen LogP contribution in [-0.2, 0) is 0 Å². The monoisotopic (exact) mass is 225 g/mol. The third-order valence-electron chi connectivity index (χ3n) is 3.87. The van der Waals surface area contributed by atoms with Gasteiger partial charge >= 0.3 is 0 Å². The normalized spacial score (nSPS) is 29.2. The van der Waals surface area contributed by atoms with E-state index in [1.807, 2.05) is 6.92 Å². The molecule has 92 valence electrons. The molecule has 4 heteroatoms. The lowest BCUT2D eigenvalue weighted by Gasteiger charge is -2.33. The molecular weight excluding hydrogens is 202 g/mol. The van der Waals surface area contributed by atoms with E-state index in [0.29, 0.717) is 12.5 Å². The molecule has 16 heavy (non-hydrogen) atoms. The Kier molecular flexibility index (Phi) is 3.69. The molecule has 2 aliphatic rings. The lowest BCUT2D eigenvalue weighted by Crippen LogP contribution is -2.48. The van der Waals surface area contributed by atoms with E-state index >= 15 is 0 Å². The number of guanidine groups is 1. The van der Waals surface area contributed by atoms with Crippen molar-refractivity contribution in [3.05, 3.63) is 0 Å². The average Bonchev–Trinajstić information content (AvgIpc) is 2.62. The van der Waals surface area contributed by atoms with Gasteiger partial charge in [0.1, 0.15) is 0 Å². The van der Waals surface area contributed by atoms with Gasteiger partial charge in [-0.1, -0.05) is 19.3 Å². The summed E-state index contributed by atoms with van der Waals surface area (Å²) in [5.41, 5.74) is 5.89. The summed E-state index contributed by atoms with van der Waals surface area (Å²) < 4.78 is 0. The first kappa shape index (κ1) is 11.7. The van der Waals surface area contributed by atoms with Gasteiger partial charge < -0.3 is 15.7 Å². The highest BCUT2D eigenvalue weighted by Gasteiger charge is 2.31. The van der Waals surface area contributed by atoms with Gasteiger partial charge in [-0.2, -0.15) is 0 Å². The second-order valence-corrected chi connectivity index (χ2v) is 5.16. The summed E-state index contributed by atoms with van der Waals surface area (Å²) in [6.45, 7) is 3.45. The molecule has 0 aromatic carbocycles. The van der Waals surface area contributed by atoms with Gasteiger partial charge in [0.25, 0.3) is 0 Å². The predicted octanol–water partition coefficient (Wildman–Crippen LogP) is 0.946. The van der Waals surface area contributed by atoms with Gasteiger partial charge in [-0.25, -0.2) is 0 Å². The number of aliphatic hydroxyl groups excluding tert-OH is 1. The topological polar surface area (TPSA) is 61.9 Å². The Bertz CT molecular complexity index is 259. The van der Waals surface area contributed by atoms with Crippen molar-refractivity contribution in [3.63, 3.8) is 0 Å². The van der Waals surface area contributed by atoms with E-state index in [4.69, 9.17) is 5.73 Å². The standard InChI is InChI=1S/C12H23N3O/c1-9(16)11-7-14-12(13)15(11)8-10-5-3-2-4-6-10/h9-11,16H,2-8H2,1H3,(H2,13,14)/t9?,11-/m1/s1. The van der Waals surface area contributed by atoms with Crippen LogP contribution in [0.4, 0.5) is 0 Å². The minimum Gasteiger partial charge on any atom is -0.391 e. The Hall–Kier alpha value is -0.770. The highest BCUT2D eigenvalue weighted by Crippen LogP contribution is 2.26. The van der Waals surface area contributed by atoms with Gasteiger partial charge in [0.05, 0.1) is 18.7 Å². The molecular formula is C12H23N3O. The van der Waals surface area contributed by atoms with E-state index < -0.39 is 0 Å². The number of nitrogens with zero attached hydrogens (tertiary/aromatic N) is 2. The van der Waals surface area contributed by atoms with Crippen molar-refractivity contribution >= 4 is 5.96 Å². The lowest BCUT2D eigenvalue weighted by atomic mass is 9.88. The molecule has 1 unspecified atom stereocenters. The zero-order valence-electron chi connectivity index (χ0n) is 10.1. The van der Waals surface area contributed by atoms with E-state index in [2.05, 4.69) is 9.89 Å². The molecule has 1 aliphatic carbocycles. The van der Waals surface area contributed by atoms with Crippen LogP contribution in [0.3, 0.4) is 0 Å². The van der Waals surface area contributed by atoms with Crippen LogP contribution in [0.2, 0.25) is 0 Å². The molecule has 0 aromatic heterocycles. The summed E-state index contributed by atoms with van der Waals surface area (Å²) in [4.78, 5) is 6.36. The first-order chi connectivity index (χ1) is 7.68. The Labute approximate surface area is 97.5 Å². The number of aliphatic imine (C=N–C) groups is 1. The molecule has 0 saturated heterocycles. The number of nitrogens with two attached hydrogens (primary N) is 1. The van der Waals surface area contributed by atoms with E-state index in [1.54, 1.807) is 0 Å². The number of hydrogen-bond acceptors (Lipinski definition) is 4. The van der Waals surface area contributed by atoms with Gasteiger partial charge in [-0.3, -0.25) is 4.99 Å². The highest BCUT2D eigenvalue weighted by molar-refractivity contribution is 5.80. The second kappa shape index (κ2) is 5.04. The molecule has 0 radical (unpaired) electrons. The highest BCUT2D eigenvalue weighted by atomic mass is 16.3. The maximum absolute atomic E-state index is 9.70. The van der Waals surface area contributed by atoms with Crippen LogP contribution in [-0.4, -0.2) is 41.2 Å². The summed E-state index contributed by atoms with van der Waals surface area (Å²) in [7, 11) is 0. The Balaban J connectivity index is 1.92. The third-order valence-corrected chi connectivity index (χ3v) is 3.87. The fourth-order valence-electron chi connectivity index (χ4n) is 2.84. The molecule has 0 amide bonds. The molecule has 4 nitrogen and oxygen atoms in total. The van der Waals surface area contributed by atoms with Gasteiger partial charge in [-0.05, 0) is 25.7 Å². The average molecular weight is 225 g/mol. The van der Waals surface area contributed by atoms with Crippen LogP contribution in [0.25, 0.3) is 0 Å². The number of hydrogen-bond donors (Lipinski definition) is 2. The molecule has 1 heterocycles. The molecule has 1 aliphatic heterocycles. The smallest absolute Gasteiger partial charge is 0.191 e. The second-order valence-electron chi connectivity index (χ2n) is 5.16. The molecule has 2 atom stereocenters. The summed E-state index contributed by atoms with van der Waals surface area (Å²) in [6.07, 6.45) is 6.31. The van der Waals surface area contributed by atoms with Crippen molar-refractivity contribution in [1.29, 1.82) is 0 Å². The molecule has 0 aromatic rings. The largest absolute Gasteiger partial charge is 0.391 e. The summed E-state index contributed by atoms with van der Waals surface area (Å²) in [6, 6.07) is 0.0990. The Morgan fingerprint density at radius 2 is 2.12 bits per heavy atom. The number of rotatable bonds is 3. The zero-order chi connectivity index (χ0) is 11.5. The first-order valence-electron chi connectivity index (χ1n) is 6.43. The maximum atomic E-state index is 9.70. The SMILES string of the molecule is CC(O)[C@H]1CN=C(N)N1CC1CCCCC1. The van der Waals surface area contributed by atoms with Crippen LogP contribution >= 0.6 is 0 Å². The van der Waals surface area contributed by atoms with Gasteiger partial charge in [0.15, 0.2) is 5.96 Å². The minimum atomic E-state index is -0.353. The maximum Gasteiger partial charge on any atom is 0.191 e. The van der Waals surface area contributed by atoms with Gasteiger partial charge in [-0.15, -0.1) is 0 Å². The van der Waals surface area contributed by atoms with Crippen molar-refractivity contribution in [2.45, 2.75) is 51.2 Å². The van der Waals surface area contributed by atoms with Crippen molar-refractivity contribution in [1.82, 2.24) is 4.90 Å². The fraction of sp³-hybridized carbons (Fsp3) is 0.917. The molecule has 1 fully saturated rings. The van der Waals surface area contributed by atoms with E-state index in [0.717, 1.165) is 12.5 Å². The predicted molar refractivity (Wildman–Crippen MR) is 65.2 cm³/mol. The molecule has 3 N–H and O–H groups in total. The van der Waals surface area contributed by atoms with Crippen molar-refractivity contribution in [3.8, 4) is 0 Å². The minimum absolute atomic E-state index is 0.0990. The van der Waals surface area contributed by atoms with E-state index in [9.17, 15) is 5.11 Å². The Morgan fingerprint density at radius 1 is 1.44 bits per heavy atom. The van der Waals surface area contributed by atoms with Crippen LogP contribution in [0, 0.1) is 5.92 Å².